The van der Waals surface area contributed by atoms with Crippen molar-refractivity contribution in [3.05, 3.63) is 88.5 Å². The van der Waals surface area contributed by atoms with Gasteiger partial charge in [0, 0.05) is 23.0 Å². The fourth-order valence-electron chi connectivity index (χ4n) is 2.38. The van der Waals surface area contributed by atoms with Crippen molar-refractivity contribution < 1.29 is 9.90 Å². The third-order valence-electron chi connectivity index (χ3n) is 3.69. The predicted octanol–water partition coefficient (Wildman–Crippen LogP) is 5.98. The molecule has 2 aromatic rings. The molecular weight excluding hydrogens is 366 g/mol. The summed E-state index contributed by atoms with van der Waals surface area (Å²) in [5.74, 6) is -0.918. The number of benzene rings is 2. The summed E-state index contributed by atoms with van der Waals surface area (Å²) >= 11 is 7.84. The number of rotatable bonds is 8. The average molecular weight is 388 g/mol. The highest BCUT2D eigenvalue weighted by atomic mass is 35.5. The summed E-state index contributed by atoms with van der Waals surface area (Å²) in [6, 6.07) is 17.1. The number of aromatic carboxylic acids is 1. The average Bonchev–Trinajstić information content (AvgIpc) is 2.62. The van der Waals surface area contributed by atoms with E-state index in [0.717, 1.165) is 22.0 Å². The van der Waals surface area contributed by atoms with Crippen LogP contribution in [0.25, 0.3) is 0 Å². The van der Waals surface area contributed by atoms with Crippen LogP contribution in [0.3, 0.4) is 0 Å². The van der Waals surface area contributed by atoms with Crippen molar-refractivity contribution in [2.45, 2.75) is 25.3 Å². The molecule has 0 aliphatic carbocycles. The molecule has 0 saturated heterocycles. The lowest BCUT2D eigenvalue weighted by Crippen LogP contribution is -2.18. The summed E-state index contributed by atoms with van der Waals surface area (Å²) in [6.45, 7) is 5.29. The zero-order valence-corrected chi connectivity index (χ0v) is 16.4. The predicted molar refractivity (Wildman–Crippen MR) is 109 cm³/mol. The van der Waals surface area contributed by atoms with E-state index in [-0.39, 0.29) is 5.56 Å². The normalized spacial score (nSPS) is 12.5. The molecule has 0 spiro atoms. The van der Waals surface area contributed by atoms with Crippen LogP contribution in [0.5, 0.6) is 0 Å². The Morgan fingerprint density at radius 2 is 1.81 bits per heavy atom. The van der Waals surface area contributed by atoms with Gasteiger partial charge in [0.15, 0.2) is 0 Å². The number of carboxylic acids is 1. The molecule has 2 rings (SSSR count). The van der Waals surface area contributed by atoms with Gasteiger partial charge in [-0.25, -0.2) is 9.10 Å². The van der Waals surface area contributed by atoms with Crippen molar-refractivity contribution in [2.75, 3.05) is 6.54 Å². The van der Waals surface area contributed by atoms with Crippen molar-refractivity contribution in [1.82, 2.24) is 4.31 Å². The Morgan fingerprint density at radius 1 is 1.15 bits per heavy atom. The van der Waals surface area contributed by atoms with Crippen molar-refractivity contribution in [1.29, 1.82) is 0 Å². The van der Waals surface area contributed by atoms with Crippen LogP contribution in [0.15, 0.2) is 82.3 Å². The molecule has 2 aromatic carbocycles. The summed E-state index contributed by atoms with van der Waals surface area (Å²) in [5, 5.41) is 9.81. The number of hydrogen-bond acceptors (Lipinski definition) is 3. The highest BCUT2D eigenvalue weighted by Crippen LogP contribution is 2.27. The Bertz CT molecular complexity index is 781. The Hall–Kier alpha value is -2.01. The van der Waals surface area contributed by atoms with E-state index in [2.05, 4.69) is 16.4 Å². The number of hydrogen-bond donors (Lipinski definition) is 1. The van der Waals surface area contributed by atoms with Gasteiger partial charge < -0.3 is 5.11 Å². The smallest absolute Gasteiger partial charge is 0.335 e. The molecule has 0 saturated carbocycles. The summed E-state index contributed by atoms with van der Waals surface area (Å²) < 4.78 is 2.21. The first-order valence-corrected chi connectivity index (χ1v) is 9.43. The molecule has 0 heterocycles. The van der Waals surface area contributed by atoms with Gasteiger partial charge in [-0.3, -0.25) is 0 Å². The molecule has 0 bridgehead atoms. The van der Waals surface area contributed by atoms with Gasteiger partial charge in [-0.05, 0) is 61.2 Å². The topological polar surface area (TPSA) is 40.5 Å². The van der Waals surface area contributed by atoms with Gasteiger partial charge in [-0.15, -0.1) is 0 Å². The minimum Gasteiger partial charge on any atom is -0.478 e. The van der Waals surface area contributed by atoms with E-state index >= 15 is 0 Å². The fraction of sp³-hybridized carbons (Fsp3) is 0.190. The molecule has 26 heavy (non-hydrogen) atoms. The van der Waals surface area contributed by atoms with Gasteiger partial charge in [-0.2, -0.15) is 0 Å². The van der Waals surface area contributed by atoms with Gasteiger partial charge in [-0.1, -0.05) is 54.1 Å². The second-order valence-corrected chi connectivity index (χ2v) is 7.50. The van der Waals surface area contributed by atoms with E-state index in [1.165, 1.54) is 5.56 Å². The van der Waals surface area contributed by atoms with E-state index in [4.69, 9.17) is 16.7 Å². The standard InChI is InChI=1S/C21H22ClNO2S/c1-3-7-19(16(2)22)15-23(14-17-8-5-4-6-9-17)26-20-12-10-18(11-13-20)21(24)25/h3-13H,14-15H2,1-2H3,(H,24,25)/b7-3-,19-16-. The van der Waals surface area contributed by atoms with E-state index in [0.29, 0.717) is 6.54 Å². The van der Waals surface area contributed by atoms with Gasteiger partial charge in [0.25, 0.3) is 0 Å². The first kappa shape index (κ1) is 20.3. The lowest BCUT2D eigenvalue weighted by Gasteiger charge is -2.22. The van der Waals surface area contributed by atoms with Crippen molar-refractivity contribution in [3.63, 3.8) is 0 Å². The van der Waals surface area contributed by atoms with Gasteiger partial charge >= 0.3 is 5.97 Å². The third-order valence-corrected chi connectivity index (χ3v) is 4.94. The molecule has 0 aliphatic heterocycles. The molecule has 0 aromatic heterocycles. The second-order valence-electron chi connectivity index (χ2n) is 5.76. The zero-order valence-electron chi connectivity index (χ0n) is 14.9. The molecule has 3 nitrogen and oxygen atoms in total. The summed E-state index contributed by atoms with van der Waals surface area (Å²) in [7, 11) is 0. The van der Waals surface area contributed by atoms with Crippen molar-refractivity contribution >= 4 is 29.5 Å². The van der Waals surface area contributed by atoms with E-state index < -0.39 is 5.97 Å². The molecule has 0 fully saturated rings. The van der Waals surface area contributed by atoms with Crippen LogP contribution < -0.4 is 0 Å². The zero-order chi connectivity index (χ0) is 18.9. The number of carbonyl (C=O) groups is 1. The van der Waals surface area contributed by atoms with Crippen molar-refractivity contribution in [3.8, 4) is 0 Å². The van der Waals surface area contributed by atoms with E-state index in [9.17, 15) is 4.79 Å². The molecule has 136 valence electrons. The molecule has 0 amide bonds. The largest absolute Gasteiger partial charge is 0.478 e. The Morgan fingerprint density at radius 3 is 2.35 bits per heavy atom. The number of halogens is 1. The second kappa shape index (κ2) is 10.2. The van der Waals surface area contributed by atoms with Gasteiger partial charge in [0.1, 0.15) is 0 Å². The summed E-state index contributed by atoms with van der Waals surface area (Å²) in [6.07, 6.45) is 4.00. The highest BCUT2D eigenvalue weighted by molar-refractivity contribution is 7.97. The van der Waals surface area contributed by atoms with Gasteiger partial charge in [0.2, 0.25) is 0 Å². The quantitative estimate of drug-likeness (QED) is 0.446. The van der Waals surface area contributed by atoms with E-state index in [1.54, 1.807) is 24.1 Å². The molecule has 0 unspecified atom stereocenters. The number of allylic oxidation sites excluding steroid dienone is 2. The monoisotopic (exact) mass is 387 g/mol. The van der Waals surface area contributed by atoms with Crippen LogP contribution in [0.2, 0.25) is 0 Å². The lowest BCUT2D eigenvalue weighted by molar-refractivity contribution is 0.0697. The molecule has 5 heteroatoms. The highest BCUT2D eigenvalue weighted by Gasteiger charge is 2.12. The summed E-state index contributed by atoms with van der Waals surface area (Å²) in [4.78, 5) is 12.0. The summed E-state index contributed by atoms with van der Waals surface area (Å²) in [5.41, 5.74) is 2.55. The molecular formula is C21H22ClNO2S. The molecule has 0 atom stereocenters. The minimum atomic E-state index is -0.918. The fourth-order valence-corrected chi connectivity index (χ4v) is 3.48. The van der Waals surface area contributed by atoms with Gasteiger partial charge in [0.05, 0.1) is 5.56 Å². The first-order valence-electron chi connectivity index (χ1n) is 8.27. The molecule has 0 aliphatic rings. The first-order chi connectivity index (χ1) is 12.5. The molecule has 0 radical (unpaired) electrons. The van der Waals surface area contributed by atoms with Crippen LogP contribution in [0.1, 0.15) is 29.8 Å². The lowest BCUT2D eigenvalue weighted by atomic mass is 10.2. The Kier molecular flexibility index (Phi) is 7.98. The van der Waals surface area contributed by atoms with Crippen LogP contribution in [-0.4, -0.2) is 21.9 Å². The maximum atomic E-state index is 11.0. The minimum absolute atomic E-state index is 0.287. The maximum absolute atomic E-state index is 11.0. The third kappa shape index (κ3) is 6.37. The van der Waals surface area contributed by atoms with Crippen LogP contribution in [0, 0.1) is 0 Å². The van der Waals surface area contributed by atoms with E-state index in [1.807, 2.05) is 56.3 Å². The van der Waals surface area contributed by atoms with Crippen LogP contribution in [0.4, 0.5) is 0 Å². The van der Waals surface area contributed by atoms with Crippen molar-refractivity contribution in [2.24, 2.45) is 0 Å². The molecule has 1 N–H and O–H groups in total. The van der Waals surface area contributed by atoms with Crippen LogP contribution >= 0.6 is 23.5 Å². The maximum Gasteiger partial charge on any atom is 0.335 e. The Balaban J connectivity index is 2.21. The number of nitrogens with zero attached hydrogens (tertiary/aromatic N) is 1. The Labute approximate surface area is 164 Å². The van der Waals surface area contributed by atoms with Crippen LogP contribution in [-0.2, 0) is 6.54 Å². The number of carboxylic acid groups (broad SMARTS) is 1. The SMILES string of the molecule is C/C=C\C(CN(Cc1ccccc1)Sc1ccc(C(=O)O)cc1)=C(/C)Cl.